The molecule has 0 amide bonds. The number of hydrogen-bond donors (Lipinski definition) is 2. The van der Waals surface area contributed by atoms with E-state index in [-0.39, 0.29) is 5.34 Å². The molecule has 6 heteroatoms. The Morgan fingerprint density at radius 3 is 2.71 bits per heavy atom. The number of hydrogen-bond acceptors (Lipinski definition) is 5. The Bertz CT molecular complexity index is 43.9. The van der Waals surface area contributed by atoms with Crippen LogP contribution in [0.5, 0.6) is 0 Å². The molecule has 0 aliphatic carbocycles. The van der Waals surface area contributed by atoms with Crippen molar-refractivity contribution in [3.63, 3.8) is 0 Å². The Labute approximate surface area is 52.3 Å². The summed E-state index contributed by atoms with van der Waals surface area (Å²) in [6.07, 6.45) is 0. The minimum atomic E-state index is -0.701. The van der Waals surface area contributed by atoms with Crippen LogP contribution in [0.3, 0.4) is 0 Å². The normalized spacial score (nSPS) is 10.9. The van der Waals surface area contributed by atoms with E-state index in [1.54, 1.807) is 0 Å². The average Bonchev–Trinajstić information content (AvgIpc) is 1.68. The molecule has 0 aliphatic heterocycles. The van der Waals surface area contributed by atoms with Gasteiger partial charge in [0.15, 0.2) is 0 Å². The first-order valence-electron chi connectivity index (χ1n) is 1.40. The van der Waals surface area contributed by atoms with Crippen LogP contribution in [0, 0.1) is 5.21 Å². The average molecular weight is 219 g/mol. The van der Waals surface area contributed by atoms with Crippen molar-refractivity contribution < 1.29 is 26.6 Å². The zero-order chi connectivity index (χ0) is 5.70. The summed E-state index contributed by atoms with van der Waals surface area (Å²) < 4.78 is 7.22. The number of rotatable bonds is 3. The zero-order valence-corrected chi connectivity index (χ0v) is 5.88. The standard InChI is InChI=1S/CH6IN3O2/c1-7-5(6)4-2-3/h4H,3H2,1H3/q-2. The van der Waals surface area contributed by atoms with Crippen molar-refractivity contribution >= 4 is 0 Å². The van der Waals surface area contributed by atoms with Gasteiger partial charge in [0, 0.05) is 0 Å². The Morgan fingerprint density at radius 1 is 2.00 bits per heavy atom. The fourth-order valence-corrected chi connectivity index (χ4v) is 0.499. The van der Waals surface area contributed by atoms with Crippen molar-refractivity contribution in [2.24, 2.45) is 3.95 Å². The van der Waals surface area contributed by atoms with Gasteiger partial charge in [0.2, 0.25) is 0 Å². The van der Waals surface area contributed by atoms with Crippen LogP contribution in [-0.2, 0) is 4.84 Å². The summed E-state index contributed by atoms with van der Waals surface area (Å²) in [6.45, 7) is 0. The predicted octanol–water partition coefficient (Wildman–Crippen LogP) is -4.27. The van der Waals surface area contributed by atoms with E-state index in [0.29, 0.717) is 0 Å². The summed E-state index contributed by atoms with van der Waals surface area (Å²) in [5, 5.41) is 10.2. The molecule has 0 radical (unpaired) electrons. The first-order chi connectivity index (χ1) is 3.31. The van der Waals surface area contributed by atoms with Crippen molar-refractivity contribution in [3.8, 4) is 0 Å². The number of nitrogens with two attached hydrogens (primary N) is 1. The quantitative estimate of drug-likeness (QED) is 0.285. The van der Waals surface area contributed by atoms with E-state index in [4.69, 9.17) is 3.95 Å². The van der Waals surface area contributed by atoms with Crippen LogP contribution in [-0.4, -0.2) is 12.4 Å². The Balaban J connectivity index is 2.83. The van der Waals surface area contributed by atoms with E-state index < -0.39 is 21.8 Å². The molecule has 3 N–H and O–H groups in total. The molecule has 0 atom stereocenters. The predicted molar refractivity (Wildman–Crippen MR) is 19.5 cm³/mol. The van der Waals surface area contributed by atoms with Gasteiger partial charge in [0.25, 0.3) is 0 Å². The third-order valence-electron chi connectivity index (χ3n) is 0.284. The topological polar surface area (TPSA) is 73.6 Å². The molecule has 0 saturated carbocycles. The van der Waals surface area contributed by atoms with Gasteiger partial charge >= 0.3 is 51.8 Å². The first-order valence-corrected chi connectivity index (χ1v) is 3.73. The molecule has 5 nitrogen and oxygen atoms in total. The van der Waals surface area contributed by atoms with Crippen LogP contribution in [0.2, 0.25) is 0 Å². The van der Waals surface area contributed by atoms with Gasteiger partial charge in [-0.2, -0.15) is 0 Å². The molecular formula is CH6IN3O2-2. The van der Waals surface area contributed by atoms with Crippen molar-refractivity contribution in [2.75, 3.05) is 7.11 Å². The molecule has 0 fully saturated rings. The molecule has 0 heterocycles. The second-order valence-corrected chi connectivity index (χ2v) is 1.74. The van der Waals surface area contributed by atoms with Gasteiger partial charge in [0.05, 0.1) is 0 Å². The monoisotopic (exact) mass is 219 g/mol. The van der Waals surface area contributed by atoms with Crippen molar-refractivity contribution in [2.45, 2.75) is 0 Å². The third-order valence-corrected chi connectivity index (χ3v) is 0.956. The number of nitrogens with one attached hydrogen (secondary N) is 1. The van der Waals surface area contributed by atoms with Gasteiger partial charge in [-0.15, -0.1) is 0 Å². The molecule has 0 aromatic rings. The second kappa shape index (κ2) is 4.68. The maximum absolute atomic E-state index is 9.94. The Hall–Kier alpha value is 0.530. The zero-order valence-electron chi connectivity index (χ0n) is 3.72. The van der Waals surface area contributed by atoms with Gasteiger partial charge < -0.3 is 0 Å². The summed E-state index contributed by atoms with van der Waals surface area (Å²) in [4.78, 5) is 4.10. The fourth-order valence-electron chi connectivity index (χ4n) is 0.0743. The van der Waals surface area contributed by atoms with Gasteiger partial charge in [-0.1, -0.05) is 0 Å². The molecule has 0 aromatic heterocycles. The van der Waals surface area contributed by atoms with E-state index >= 15 is 0 Å². The van der Waals surface area contributed by atoms with Crippen LogP contribution in [0.4, 0.5) is 0 Å². The molecule has 0 unspecified atom stereocenters. The Kier molecular flexibility index (Phi) is 5.04. The molecule has 0 saturated heterocycles. The summed E-state index contributed by atoms with van der Waals surface area (Å²) in [7, 11) is 1.26. The molecule has 7 heavy (non-hydrogen) atoms. The van der Waals surface area contributed by atoms with Crippen molar-refractivity contribution in [1.82, 2.24) is 8.97 Å². The van der Waals surface area contributed by atoms with E-state index in [1.807, 2.05) is 0 Å². The number of nitrogens with zero attached hydrogens (tertiary/aromatic N) is 1. The van der Waals surface area contributed by atoms with Gasteiger partial charge in [-0.05, 0) is 0 Å². The molecule has 0 bridgehead atoms. The van der Waals surface area contributed by atoms with E-state index in [2.05, 4.69) is 8.48 Å². The molecular weight excluding hydrogens is 213 g/mol. The molecule has 46 valence electrons. The second-order valence-electron chi connectivity index (χ2n) is 0.633. The SMILES string of the molecule is CON([O-])N[I-]N. The van der Waals surface area contributed by atoms with Crippen molar-refractivity contribution in [3.05, 3.63) is 5.21 Å². The van der Waals surface area contributed by atoms with Gasteiger partial charge in [-0.3, -0.25) is 0 Å². The summed E-state index contributed by atoms with van der Waals surface area (Å²) in [6, 6.07) is 0. The third kappa shape index (κ3) is 4.38. The first kappa shape index (κ1) is 7.53. The van der Waals surface area contributed by atoms with Gasteiger partial charge in [0.1, 0.15) is 0 Å². The molecule has 0 aliphatic rings. The number of hydrazine groups is 1. The summed E-state index contributed by atoms with van der Waals surface area (Å²) >= 11 is -0.701. The number of halogens is 1. The van der Waals surface area contributed by atoms with E-state index in [1.165, 1.54) is 7.11 Å². The van der Waals surface area contributed by atoms with Crippen LogP contribution in [0.15, 0.2) is 0 Å². The van der Waals surface area contributed by atoms with Crippen LogP contribution in [0.25, 0.3) is 0 Å². The van der Waals surface area contributed by atoms with E-state index in [0.717, 1.165) is 0 Å². The Morgan fingerprint density at radius 2 is 2.57 bits per heavy atom. The molecule has 0 spiro atoms. The fraction of sp³-hybridized carbons (Fsp3) is 1.00. The minimum absolute atomic E-state index is 0.229. The summed E-state index contributed by atoms with van der Waals surface area (Å²) in [5.74, 6) is 0. The molecule has 0 rings (SSSR count). The van der Waals surface area contributed by atoms with E-state index in [9.17, 15) is 5.21 Å². The van der Waals surface area contributed by atoms with Crippen LogP contribution >= 0.6 is 0 Å². The van der Waals surface area contributed by atoms with Crippen molar-refractivity contribution in [1.29, 1.82) is 0 Å². The van der Waals surface area contributed by atoms with Crippen LogP contribution < -0.4 is 29.3 Å². The maximum atomic E-state index is 9.94. The van der Waals surface area contributed by atoms with Gasteiger partial charge in [-0.25, -0.2) is 0 Å². The molecule has 0 aromatic carbocycles. The van der Waals surface area contributed by atoms with Crippen LogP contribution in [0.1, 0.15) is 0 Å². The summed E-state index contributed by atoms with van der Waals surface area (Å²) in [5.41, 5.74) is 0.